The lowest BCUT2D eigenvalue weighted by Crippen LogP contribution is -2.48. The first kappa shape index (κ1) is 15.0. The second kappa shape index (κ2) is 4.51. The number of carbonyl (C=O) groups excluding carboxylic acids is 1. The van der Waals surface area contributed by atoms with Gasteiger partial charge in [-0.05, 0) is 25.3 Å². The van der Waals surface area contributed by atoms with E-state index in [1.54, 1.807) is 13.8 Å². The average Bonchev–Trinajstić information content (AvgIpc) is 2.69. The molecule has 5 heteroatoms. The summed E-state index contributed by atoms with van der Waals surface area (Å²) in [6.45, 7) is 3.12. The van der Waals surface area contributed by atoms with Crippen molar-refractivity contribution in [2.24, 2.45) is 0 Å². The van der Waals surface area contributed by atoms with Gasteiger partial charge in [0.2, 0.25) is 0 Å². The minimum absolute atomic E-state index is 0.0584. The summed E-state index contributed by atoms with van der Waals surface area (Å²) in [5.74, 6) is -2.43. The molecule has 2 aliphatic heterocycles. The van der Waals surface area contributed by atoms with Crippen LogP contribution in [0, 0.1) is 0 Å². The summed E-state index contributed by atoms with van der Waals surface area (Å²) in [5.41, 5.74) is 2.09. The van der Waals surface area contributed by atoms with Gasteiger partial charge in [-0.25, -0.2) is 4.79 Å². The van der Waals surface area contributed by atoms with Crippen molar-refractivity contribution in [3.8, 4) is 0 Å². The average molecular weight is 325 g/mol. The molecule has 2 aromatic carbocycles. The minimum Gasteiger partial charge on any atom is -0.575 e. The van der Waals surface area contributed by atoms with Crippen molar-refractivity contribution in [3.05, 3.63) is 53.5 Å². The zero-order valence-corrected chi connectivity index (χ0v) is 14.1. The predicted molar refractivity (Wildman–Crippen MR) is 88.6 cm³/mol. The number of hydrogen-bond acceptors (Lipinski definition) is 4. The molecule has 0 N–H and O–H groups in total. The maximum Gasteiger partial charge on any atom is 0.343 e. The van der Waals surface area contributed by atoms with Crippen molar-refractivity contribution >= 4 is 22.4 Å². The molecule has 0 bridgehead atoms. The second-order valence-electron chi connectivity index (χ2n) is 7.26. The molecule has 0 saturated carbocycles. The molecular weight excluding hydrogens is 306 g/mol. The van der Waals surface area contributed by atoms with E-state index in [1.165, 1.54) is 0 Å². The smallest absolute Gasteiger partial charge is 0.343 e. The third-order valence-electron chi connectivity index (χ3n) is 4.87. The molecule has 1 unspecified atom stereocenters. The van der Waals surface area contributed by atoms with E-state index in [-0.39, 0.29) is 5.57 Å². The Labute approximate surface area is 140 Å². The van der Waals surface area contributed by atoms with Crippen LogP contribution in [-0.4, -0.2) is 25.9 Å². The van der Waals surface area contributed by atoms with Gasteiger partial charge in [0.25, 0.3) is 0 Å². The number of quaternary nitrogens is 1. The third-order valence-corrected chi connectivity index (χ3v) is 4.87. The summed E-state index contributed by atoms with van der Waals surface area (Å²) in [5, 5.41) is 14.8. The Hall–Kier alpha value is -2.53. The normalized spacial score (nSPS) is 24.0. The molecule has 24 heavy (non-hydrogen) atoms. The van der Waals surface area contributed by atoms with Gasteiger partial charge in [0.15, 0.2) is 11.8 Å². The quantitative estimate of drug-likeness (QED) is 0.596. The molecule has 2 aliphatic rings. The number of rotatable bonds is 1. The van der Waals surface area contributed by atoms with Gasteiger partial charge in [-0.1, -0.05) is 30.3 Å². The van der Waals surface area contributed by atoms with Gasteiger partial charge in [-0.15, -0.1) is 0 Å². The number of esters is 1. The second-order valence-corrected chi connectivity index (χ2v) is 7.26. The molecule has 0 aromatic heterocycles. The fourth-order valence-corrected chi connectivity index (χ4v) is 3.91. The molecule has 1 atom stereocenters. The van der Waals surface area contributed by atoms with Gasteiger partial charge >= 0.3 is 5.97 Å². The molecule has 0 fully saturated rings. The van der Waals surface area contributed by atoms with Crippen molar-refractivity contribution < 1.29 is 19.4 Å². The summed E-state index contributed by atoms with van der Waals surface area (Å²) < 4.78 is 11.0. The van der Waals surface area contributed by atoms with Crippen molar-refractivity contribution in [2.45, 2.75) is 25.7 Å². The summed E-state index contributed by atoms with van der Waals surface area (Å²) in [6.07, 6.45) is 0. The standard InChI is InChI=1S/C19H19NO4/c1-19(2)23-17(21)15(18(22)24-19)16-12-9-5-7-11-8-6-10-13(14(11)12)20(16,3)4/h5-10,16H,1-4H3. The minimum atomic E-state index is -1.23. The number of likely N-dealkylation sites (N-methyl/N-ethyl adjacent to an activating group) is 1. The Kier molecular flexibility index (Phi) is 2.82. The van der Waals surface area contributed by atoms with Crippen LogP contribution < -0.4 is 9.59 Å². The van der Waals surface area contributed by atoms with Gasteiger partial charge in [0.05, 0.1) is 25.4 Å². The van der Waals surface area contributed by atoms with Crippen LogP contribution in [0.3, 0.4) is 0 Å². The molecule has 0 saturated heterocycles. The summed E-state index contributed by atoms with van der Waals surface area (Å²) in [6, 6.07) is 11.6. The van der Waals surface area contributed by atoms with Crippen LogP contribution in [0.4, 0.5) is 5.69 Å². The molecule has 5 nitrogen and oxygen atoms in total. The van der Waals surface area contributed by atoms with Crippen LogP contribution in [-0.2, 0) is 14.3 Å². The van der Waals surface area contributed by atoms with E-state index < -0.39 is 23.7 Å². The van der Waals surface area contributed by atoms with Crippen molar-refractivity contribution in [1.82, 2.24) is 4.48 Å². The number of carbonyl (C=O) groups is 1. The Morgan fingerprint density at radius 3 is 2.42 bits per heavy atom. The van der Waals surface area contributed by atoms with Gasteiger partial charge in [0, 0.05) is 5.56 Å². The first-order valence-electron chi connectivity index (χ1n) is 7.92. The molecule has 0 spiro atoms. The van der Waals surface area contributed by atoms with Gasteiger partial charge in [0.1, 0.15) is 11.3 Å². The molecule has 124 valence electrons. The van der Waals surface area contributed by atoms with E-state index in [9.17, 15) is 9.90 Å². The first-order valence-corrected chi connectivity index (χ1v) is 7.92. The van der Waals surface area contributed by atoms with E-state index >= 15 is 0 Å². The number of ether oxygens (including phenoxy) is 2. The van der Waals surface area contributed by atoms with Crippen LogP contribution in [0.5, 0.6) is 0 Å². The monoisotopic (exact) mass is 325 g/mol. The fourth-order valence-electron chi connectivity index (χ4n) is 3.91. The summed E-state index contributed by atoms with van der Waals surface area (Å²) in [7, 11) is 3.99. The maximum atomic E-state index is 12.6. The molecule has 4 rings (SSSR count). The lowest BCUT2D eigenvalue weighted by Gasteiger charge is -2.42. The first-order chi connectivity index (χ1) is 11.2. The zero-order chi connectivity index (χ0) is 17.3. The van der Waals surface area contributed by atoms with Gasteiger partial charge in [-0.3, -0.25) is 4.48 Å². The number of hydrogen-bond donors (Lipinski definition) is 0. The van der Waals surface area contributed by atoms with Crippen LogP contribution in [0.2, 0.25) is 0 Å². The highest BCUT2D eigenvalue weighted by atomic mass is 16.8. The fraction of sp³-hybridized carbons (Fsp3) is 0.316. The predicted octanol–water partition coefficient (Wildman–Crippen LogP) is 2.34. The Bertz CT molecular complexity index is 905. The molecule has 2 heterocycles. The Morgan fingerprint density at radius 1 is 1.08 bits per heavy atom. The lowest BCUT2D eigenvalue weighted by molar-refractivity contribution is -0.394. The maximum absolute atomic E-state index is 12.6. The lowest BCUT2D eigenvalue weighted by atomic mass is 9.96. The van der Waals surface area contributed by atoms with E-state index in [4.69, 9.17) is 9.47 Å². The molecule has 0 radical (unpaired) electrons. The SMILES string of the molecule is CC1(C)OC(=O)C(C2c3cccc4cccc(c34)[N+]2(C)C)=C([O-])O1. The molecule has 0 amide bonds. The number of benzene rings is 2. The third kappa shape index (κ3) is 1.88. The molecule has 2 aromatic rings. The Morgan fingerprint density at radius 2 is 1.75 bits per heavy atom. The van der Waals surface area contributed by atoms with E-state index in [0.29, 0.717) is 4.48 Å². The zero-order valence-electron chi connectivity index (χ0n) is 14.1. The highest BCUT2D eigenvalue weighted by molar-refractivity contribution is 6.02. The van der Waals surface area contributed by atoms with E-state index in [0.717, 1.165) is 22.0 Å². The highest BCUT2D eigenvalue weighted by Crippen LogP contribution is 2.51. The van der Waals surface area contributed by atoms with Crippen LogP contribution in [0.25, 0.3) is 10.8 Å². The topological polar surface area (TPSA) is 58.6 Å². The van der Waals surface area contributed by atoms with Crippen LogP contribution in [0.1, 0.15) is 25.5 Å². The number of cyclic esters (lactones) is 1. The highest BCUT2D eigenvalue weighted by Gasteiger charge is 2.48. The van der Waals surface area contributed by atoms with E-state index in [2.05, 4.69) is 0 Å². The molecular formula is C19H19NO4. The van der Waals surface area contributed by atoms with Crippen molar-refractivity contribution in [2.75, 3.05) is 14.1 Å². The van der Waals surface area contributed by atoms with Crippen molar-refractivity contribution in [1.29, 1.82) is 0 Å². The van der Waals surface area contributed by atoms with Gasteiger partial charge in [-0.2, -0.15) is 0 Å². The summed E-state index contributed by atoms with van der Waals surface area (Å²) >= 11 is 0. The molecule has 0 aliphatic carbocycles. The number of nitrogens with zero attached hydrogens (tertiary/aromatic N) is 1. The largest absolute Gasteiger partial charge is 0.575 e. The van der Waals surface area contributed by atoms with Crippen LogP contribution >= 0.6 is 0 Å². The van der Waals surface area contributed by atoms with Crippen molar-refractivity contribution in [3.63, 3.8) is 0 Å². The van der Waals surface area contributed by atoms with Gasteiger partial charge < -0.3 is 14.6 Å². The van der Waals surface area contributed by atoms with E-state index in [1.807, 2.05) is 50.5 Å². The van der Waals surface area contributed by atoms with Crippen LogP contribution in [0.15, 0.2) is 47.9 Å². The Balaban J connectivity index is 1.98. The summed E-state index contributed by atoms with van der Waals surface area (Å²) in [4.78, 5) is 12.6.